The van der Waals surface area contributed by atoms with E-state index in [1.165, 1.54) is 6.07 Å². The first kappa shape index (κ1) is 20.9. The van der Waals surface area contributed by atoms with Gasteiger partial charge in [0.2, 0.25) is 0 Å². The van der Waals surface area contributed by atoms with Crippen molar-refractivity contribution in [3.63, 3.8) is 0 Å². The molecule has 150 valence electrons. The molecule has 29 heavy (non-hydrogen) atoms. The smallest absolute Gasteiger partial charge is 0.176 e. The summed E-state index contributed by atoms with van der Waals surface area (Å²) in [5.74, 6) is -0.238. The number of hydrogen-bond acceptors (Lipinski definition) is 7. The largest absolute Gasteiger partial charge is 0.486 e. The maximum Gasteiger partial charge on any atom is 0.176 e. The molecule has 3 aromatic rings. The summed E-state index contributed by atoms with van der Waals surface area (Å²) < 4.78 is 23.8. The number of nitrogens with zero attached hydrogens (tertiary/aromatic N) is 3. The van der Waals surface area contributed by atoms with Gasteiger partial charge in [0.15, 0.2) is 11.5 Å². The van der Waals surface area contributed by atoms with E-state index in [1.807, 2.05) is 0 Å². The molecule has 0 aliphatic heterocycles. The van der Waals surface area contributed by atoms with E-state index in [-0.39, 0.29) is 46.8 Å². The Morgan fingerprint density at radius 2 is 2.07 bits per heavy atom. The lowest BCUT2D eigenvalue weighted by atomic mass is 10.0. The van der Waals surface area contributed by atoms with Gasteiger partial charge in [-0.05, 0) is 57.0 Å². The number of ether oxygens (including phenoxy) is 1. The maximum atomic E-state index is 13.4. The van der Waals surface area contributed by atoms with E-state index < -0.39 is 5.82 Å². The van der Waals surface area contributed by atoms with Crippen molar-refractivity contribution in [2.24, 2.45) is 5.16 Å². The van der Waals surface area contributed by atoms with Crippen molar-refractivity contribution >= 4 is 39.0 Å². The first-order valence-corrected chi connectivity index (χ1v) is 9.50. The highest BCUT2D eigenvalue weighted by molar-refractivity contribution is 9.10. The Balaban J connectivity index is 1.67. The first-order valence-electron chi connectivity index (χ1n) is 8.33. The molecule has 0 saturated carbocycles. The molecule has 0 amide bonds. The predicted molar refractivity (Wildman–Crippen MR) is 106 cm³/mol. The molecule has 0 bridgehead atoms. The van der Waals surface area contributed by atoms with Crippen LogP contribution >= 0.6 is 27.5 Å². The van der Waals surface area contributed by atoms with E-state index >= 15 is 0 Å². The summed E-state index contributed by atoms with van der Waals surface area (Å²) in [5, 5.41) is 20.6. The molecule has 0 unspecified atom stereocenters. The summed E-state index contributed by atoms with van der Waals surface area (Å²) in [6, 6.07) is 11.1. The zero-order valence-corrected chi connectivity index (χ0v) is 17.2. The fourth-order valence-corrected chi connectivity index (χ4v) is 3.12. The average Bonchev–Trinajstić information content (AvgIpc) is 3.15. The molecule has 0 atom stereocenters. The molecule has 1 N–H and O–H groups in total. The van der Waals surface area contributed by atoms with Crippen molar-refractivity contribution in [3.05, 3.63) is 74.7 Å². The molecule has 3 rings (SSSR count). The lowest BCUT2D eigenvalue weighted by Gasteiger charge is -2.06. The van der Waals surface area contributed by atoms with Crippen molar-refractivity contribution in [2.45, 2.75) is 12.8 Å². The minimum atomic E-state index is -0.412. The number of aromatic nitrogens is 2. The second kappa shape index (κ2) is 9.62. The molecule has 0 aliphatic rings. The van der Waals surface area contributed by atoms with Crippen LogP contribution in [-0.4, -0.2) is 33.6 Å². The third-order valence-corrected chi connectivity index (χ3v) is 4.71. The summed E-state index contributed by atoms with van der Waals surface area (Å²) >= 11 is 8.98. The van der Waals surface area contributed by atoms with Crippen LogP contribution in [0.15, 0.2) is 56.7 Å². The number of hydrogen-bond donors (Lipinski definition) is 1. The Bertz CT molecular complexity index is 1060. The average molecular weight is 483 g/mol. The molecule has 0 spiro atoms. The monoisotopic (exact) mass is 481 g/mol. The van der Waals surface area contributed by atoms with Crippen LogP contribution in [0.2, 0.25) is 5.02 Å². The molecule has 10 heteroatoms. The van der Waals surface area contributed by atoms with Crippen molar-refractivity contribution < 1.29 is 23.8 Å². The molecule has 1 heterocycles. The van der Waals surface area contributed by atoms with E-state index in [0.717, 1.165) is 0 Å². The molecule has 0 saturated heterocycles. The van der Waals surface area contributed by atoms with Gasteiger partial charge in [-0.15, -0.1) is 0 Å². The summed E-state index contributed by atoms with van der Waals surface area (Å²) in [6.45, 7) is -0.205. The van der Waals surface area contributed by atoms with Crippen LogP contribution in [0, 0.1) is 5.82 Å². The van der Waals surface area contributed by atoms with Crippen molar-refractivity contribution in [1.82, 2.24) is 10.3 Å². The summed E-state index contributed by atoms with van der Waals surface area (Å²) in [4.78, 5) is 12.3. The topological polar surface area (TPSA) is 97.8 Å². The van der Waals surface area contributed by atoms with Gasteiger partial charge in [0.25, 0.3) is 0 Å². The number of halogens is 3. The quantitative estimate of drug-likeness (QED) is 0.293. The van der Waals surface area contributed by atoms with Crippen LogP contribution < -0.4 is 4.74 Å². The number of oxime groups is 1. The molecular formula is C19H14BrClFN3O4. The highest BCUT2D eigenvalue weighted by Gasteiger charge is 2.20. The fourth-order valence-electron chi connectivity index (χ4n) is 2.51. The van der Waals surface area contributed by atoms with Crippen LogP contribution in [0.5, 0.6) is 5.75 Å². The van der Waals surface area contributed by atoms with Gasteiger partial charge in [-0.1, -0.05) is 34.0 Å². The Labute approximate surface area is 178 Å². The fraction of sp³-hybridized carbons (Fsp3) is 0.158. The number of carbonyl (C=O) groups is 1. The minimum Gasteiger partial charge on any atom is -0.486 e. The zero-order valence-electron chi connectivity index (χ0n) is 14.8. The normalized spacial score (nSPS) is 11.5. The minimum absolute atomic E-state index is 0.128. The first-order chi connectivity index (χ1) is 14.0. The molecule has 0 aliphatic carbocycles. The molecule has 7 nitrogen and oxygen atoms in total. The van der Waals surface area contributed by atoms with Crippen LogP contribution in [-0.2, 0) is 17.6 Å². The van der Waals surface area contributed by atoms with Crippen molar-refractivity contribution in [2.75, 3.05) is 6.61 Å². The SMILES string of the molecule is O=C(COc1cccc(Cl)c1)Cc1nonc1C(Cc1ccc(F)c(Br)c1)=NO. The van der Waals surface area contributed by atoms with E-state index in [1.54, 1.807) is 36.4 Å². The molecule has 2 aromatic carbocycles. The van der Waals surface area contributed by atoms with Gasteiger partial charge >= 0.3 is 0 Å². The maximum absolute atomic E-state index is 13.4. The lowest BCUT2D eigenvalue weighted by Crippen LogP contribution is -2.17. The third-order valence-electron chi connectivity index (χ3n) is 3.87. The second-order valence-electron chi connectivity index (χ2n) is 5.99. The summed E-state index contributed by atoms with van der Waals surface area (Å²) in [7, 11) is 0. The van der Waals surface area contributed by atoms with Gasteiger partial charge in [0.05, 0.1) is 10.9 Å². The third kappa shape index (κ3) is 5.61. The van der Waals surface area contributed by atoms with Gasteiger partial charge in [0, 0.05) is 11.4 Å². The zero-order chi connectivity index (χ0) is 20.8. The predicted octanol–water partition coefficient (Wildman–Crippen LogP) is 4.24. The van der Waals surface area contributed by atoms with Crippen LogP contribution in [0.4, 0.5) is 4.39 Å². The van der Waals surface area contributed by atoms with Gasteiger partial charge in [-0.2, -0.15) is 0 Å². The van der Waals surface area contributed by atoms with Crippen molar-refractivity contribution in [1.29, 1.82) is 0 Å². The standard InChI is InChI=1S/C19H14BrClFN3O4/c20-15-6-11(4-5-16(15)22)7-17(23-27)19-18(24-29-25-19)9-13(26)10-28-14-3-1-2-12(21)8-14/h1-6,8,27H,7,9-10H2. The Morgan fingerprint density at radius 1 is 1.24 bits per heavy atom. The Kier molecular flexibility index (Phi) is 6.95. The van der Waals surface area contributed by atoms with Crippen LogP contribution in [0.3, 0.4) is 0 Å². The molecule has 0 radical (unpaired) electrons. The van der Waals surface area contributed by atoms with E-state index in [0.29, 0.717) is 16.3 Å². The summed E-state index contributed by atoms with van der Waals surface area (Å²) in [6.07, 6.45) is -0.00463. The van der Waals surface area contributed by atoms with Gasteiger partial charge in [-0.25, -0.2) is 9.02 Å². The van der Waals surface area contributed by atoms with Crippen LogP contribution in [0.1, 0.15) is 17.0 Å². The van der Waals surface area contributed by atoms with Gasteiger partial charge in [-0.3, -0.25) is 4.79 Å². The molecule has 1 aromatic heterocycles. The molecular weight excluding hydrogens is 469 g/mol. The van der Waals surface area contributed by atoms with Gasteiger partial charge in [0.1, 0.15) is 29.6 Å². The van der Waals surface area contributed by atoms with Crippen molar-refractivity contribution in [3.8, 4) is 5.75 Å². The molecule has 0 fully saturated rings. The highest BCUT2D eigenvalue weighted by atomic mass is 79.9. The van der Waals surface area contributed by atoms with E-state index in [2.05, 4.69) is 31.4 Å². The lowest BCUT2D eigenvalue weighted by molar-refractivity contribution is -0.120. The number of Topliss-reactive ketones (excluding diaryl/α,β-unsaturated/α-hetero) is 1. The van der Waals surface area contributed by atoms with E-state index in [4.69, 9.17) is 21.0 Å². The van der Waals surface area contributed by atoms with E-state index in [9.17, 15) is 14.4 Å². The number of benzene rings is 2. The highest BCUT2D eigenvalue weighted by Crippen LogP contribution is 2.19. The number of ketones is 1. The Hall–Kier alpha value is -2.78. The summed E-state index contributed by atoms with van der Waals surface area (Å²) in [5.41, 5.74) is 1.14. The number of rotatable bonds is 8. The van der Waals surface area contributed by atoms with Gasteiger partial charge < -0.3 is 9.94 Å². The Morgan fingerprint density at radius 3 is 2.79 bits per heavy atom. The van der Waals surface area contributed by atoms with Crippen LogP contribution in [0.25, 0.3) is 0 Å². The second-order valence-corrected chi connectivity index (χ2v) is 7.28. The number of carbonyl (C=O) groups excluding carboxylic acids is 1.